The summed E-state index contributed by atoms with van der Waals surface area (Å²) in [6.07, 6.45) is 6.67. The Hall–Kier alpha value is -0.750. The highest BCUT2D eigenvalue weighted by molar-refractivity contribution is 7.89. The third kappa shape index (κ3) is 10.8. The van der Waals surface area contributed by atoms with Gasteiger partial charge in [0.05, 0.1) is 5.75 Å². The zero-order chi connectivity index (χ0) is 14.9. The summed E-state index contributed by atoms with van der Waals surface area (Å²) in [6.45, 7) is 4.12. The molecular weight excluding hydrogens is 266 g/mol. The van der Waals surface area contributed by atoms with Crippen molar-refractivity contribution in [2.24, 2.45) is 17.0 Å². The number of hydrogen-bond donors (Lipinski definition) is 3. The van der Waals surface area contributed by atoms with Crippen LogP contribution in [0.2, 0.25) is 0 Å². The molecule has 0 bridgehead atoms. The SMILES string of the molecule is CCCCCC(CCS(N)(=O)=O)C(C)CC=C(O)O. The topological polar surface area (TPSA) is 101 Å². The van der Waals surface area contributed by atoms with E-state index >= 15 is 0 Å². The zero-order valence-electron chi connectivity index (χ0n) is 11.9. The minimum absolute atomic E-state index is 0.0110. The lowest BCUT2D eigenvalue weighted by Gasteiger charge is -2.22. The average molecular weight is 293 g/mol. The largest absolute Gasteiger partial charge is 0.481 e. The number of rotatable bonds is 10. The van der Waals surface area contributed by atoms with Gasteiger partial charge in [-0.05, 0) is 30.8 Å². The molecule has 0 spiro atoms. The molecular formula is C13H27NO4S. The minimum atomic E-state index is -3.43. The summed E-state index contributed by atoms with van der Waals surface area (Å²) in [4.78, 5) is 0. The number of hydrogen-bond acceptors (Lipinski definition) is 4. The van der Waals surface area contributed by atoms with Gasteiger partial charge in [-0.25, -0.2) is 13.6 Å². The molecule has 0 aromatic carbocycles. The molecule has 0 aliphatic rings. The van der Waals surface area contributed by atoms with Gasteiger partial charge in [-0.2, -0.15) is 0 Å². The minimum Gasteiger partial charge on any atom is -0.481 e. The van der Waals surface area contributed by atoms with Crippen molar-refractivity contribution in [3.05, 3.63) is 12.0 Å². The van der Waals surface area contributed by atoms with Crippen molar-refractivity contribution >= 4 is 10.0 Å². The first kappa shape index (κ1) is 18.2. The summed E-state index contributed by atoms with van der Waals surface area (Å²) in [5.41, 5.74) is 0. The van der Waals surface area contributed by atoms with Crippen molar-refractivity contribution in [3.63, 3.8) is 0 Å². The van der Waals surface area contributed by atoms with Crippen molar-refractivity contribution < 1.29 is 18.6 Å². The molecule has 4 N–H and O–H groups in total. The second-order valence-electron chi connectivity index (χ2n) is 5.19. The first-order valence-electron chi connectivity index (χ1n) is 6.84. The predicted octanol–water partition coefficient (Wildman–Crippen LogP) is 2.85. The average Bonchev–Trinajstić information content (AvgIpc) is 2.29. The van der Waals surface area contributed by atoms with Crippen LogP contribution in [-0.4, -0.2) is 24.4 Å². The Balaban J connectivity index is 4.42. The highest BCUT2D eigenvalue weighted by Crippen LogP contribution is 2.26. The second kappa shape index (κ2) is 9.20. The number of nitrogens with two attached hydrogens (primary N) is 1. The van der Waals surface area contributed by atoms with Gasteiger partial charge in [0, 0.05) is 0 Å². The van der Waals surface area contributed by atoms with Gasteiger partial charge in [-0.3, -0.25) is 0 Å². The molecule has 0 saturated carbocycles. The number of sulfonamides is 1. The molecule has 0 rings (SSSR count). The van der Waals surface area contributed by atoms with E-state index in [1.165, 1.54) is 6.08 Å². The molecule has 0 fully saturated rings. The van der Waals surface area contributed by atoms with Crippen LogP contribution in [0.25, 0.3) is 0 Å². The summed E-state index contributed by atoms with van der Waals surface area (Å²) in [6, 6.07) is 0. The molecule has 0 aromatic heterocycles. The molecule has 2 unspecified atom stereocenters. The van der Waals surface area contributed by atoms with E-state index in [2.05, 4.69) is 6.92 Å². The Morgan fingerprint density at radius 1 is 1.26 bits per heavy atom. The standard InChI is InChI=1S/C13H27NO4S/c1-3-4-5-6-12(9-10-19(14,17)18)11(2)7-8-13(15)16/h8,11-12,15-16H,3-7,9-10H2,1-2H3,(H2,14,17,18). The fourth-order valence-electron chi connectivity index (χ4n) is 2.17. The Morgan fingerprint density at radius 3 is 2.37 bits per heavy atom. The van der Waals surface area contributed by atoms with E-state index in [1.807, 2.05) is 6.92 Å². The summed E-state index contributed by atoms with van der Waals surface area (Å²) in [5.74, 6) is -0.248. The number of unbranched alkanes of at least 4 members (excludes halogenated alkanes) is 2. The van der Waals surface area contributed by atoms with Gasteiger partial charge in [0.25, 0.3) is 5.95 Å². The van der Waals surface area contributed by atoms with E-state index in [9.17, 15) is 8.42 Å². The molecule has 5 nitrogen and oxygen atoms in total. The fourth-order valence-corrected chi connectivity index (χ4v) is 2.80. The van der Waals surface area contributed by atoms with Crippen molar-refractivity contribution in [1.29, 1.82) is 0 Å². The summed E-state index contributed by atoms with van der Waals surface area (Å²) in [5, 5.41) is 22.6. The van der Waals surface area contributed by atoms with Crippen LogP contribution in [-0.2, 0) is 10.0 Å². The van der Waals surface area contributed by atoms with E-state index in [4.69, 9.17) is 15.4 Å². The molecule has 114 valence electrons. The van der Waals surface area contributed by atoms with Crippen LogP contribution < -0.4 is 5.14 Å². The van der Waals surface area contributed by atoms with Crippen molar-refractivity contribution in [2.45, 2.75) is 52.4 Å². The molecule has 0 aliphatic heterocycles. The van der Waals surface area contributed by atoms with Crippen molar-refractivity contribution in [1.82, 2.24) is 0 Å². The number of primary sulfonamides is 1. The highest BCUT2D eigenvalue weighted by Gasteiger charge is 2.18. The van der Waals surface area contributed by atoms with Crippen LogP contribution >= 0.6 is 0 Å². The van der Waals surface area contributed by atoms with Gasteiger partial charge in [-0.15, -0.1) is 0 Å². The quantitative estimate of drug-likeness (QED) is 0.426. The number of aliphatic hydroxyl groups is 2. The Labute approximate surface area is 116 Å². The van der Waals surface area contributed by atoms with Crippen LogP contribution in [0.15, 0.2) is 12.0 Å². The lowest BCUT2D eigenvalue weighted by atomic mass is 9.85. The molecule has 0 amide bonds. The van der Waals surface area contributed by atoms with Gasteiger partial charge < -0.3 is 10.2 Å². The molecule has 0 aromatic rings. The van der Waals surface area contributed by atoms with Crippen molar-refractivity contribution in [2.75, 3.05) is 5.75 Å². The first-order chi connectivity index (χ1) is 8.76. The van der Waals surface area contributed by atoms with E-state index < -0.39 is 16.0 Å². The van der Waals surface area contributed by atoms with Crippen LogP contribution in [0.3, 0.4) is 0 Å². The summed E-state index contributed by atoms with van der Waals surface area (Å²) >= 11 is 0. The smallest absolute Gasteiger partial charge is 0.269 e. The van der Waals surface area contributed by atoms with Crippen LogP contribution in [0, 0.1) is 11.8 Å². The Kier molecular flexibility index (Phi) is 8.84. The summed E-state index contributed by atoms with van der Waals surface area (Å²) in [7, 11) is -3.43. The van der Waals surface area contributed by atoms with Crippen LogP contribution in [0.1, 0.15) is 52.4 Å². The van der Waals surface area contributed by atoms with Crippen molar-refractivity contribution in [3.8, 4) is 0 Å². The van der Waals surface area contributed by atoms with Gasteiger partial charge >= 0.3 is 0 Å². The van der Waals surface area contributed by atoms with E-state index in [-0.39, 0.29) is 17.6 Å². The van der Waals surface area contributed by atoms with Crippen LogP contribution in [0.4, 0.5) is 0 Å². The molecule has 19 heavy (non-hydrogen) atoms. The molecule has 6 heteroatoms. The van der Waals surface area contributed by atoms with E-state index in [0.29, 0.717) is 12.8 Å². The number of allylic oxidation sites excluding steroid dienone is 1. The van der Waals surface area contributed by atoms with Gasteiger partial charge in [0.15, 0.2) is 0 Å². The maximum Gasteiger partial charge on any atom is 0.269 e. The maximum atomic E-state index is 11.0. The molecule has 0 radical (unpaired) electrons. The highest BCUT2D eigenvalue weighted by atomic mass is 32.2. The van der Waals surface area contributed by atoms with E-state index in [0.717, 1.165) is 25.7 Å². The number of aliphatic hydroxyl groups excluding tert-OH is 1. The maximum absolute atomic E-state index is 11.0. The van der Waals surface area contributed by atoms with Gasteiger partial charge in [0.2, 0.25) is 10.0 Å². The predicted molar refractivity (Wildman–Crippen MR) is 77.3 cm³/mol. The lowest BCUT2D eigenvalue weighted by Crippen LogP contribution is -2.21. The molecule has 2 atom stereocenters. The van der Waals surface area contributed by atoms with Crippen LogP contribution in [0.5, 0.6) is 0 Å². The van der Waals surface area contributed by atoms with Gasteiger partial charge in [0.1, 0.15) is 0 Å². The lowest BCUT2D eigenvalue weighted by molar-refractivity contribution is 0.186. The first-order valence-corrected chi connectivity index (χ1v) is 8.56. The summed E-state index contributed by atoms with van der Waals surface area (Å²) < 4.78 is 22.1. The Bertz CT molecular complexity index is 361. The van der Waals surface area contributed by atoms with E-state index in [1.54, 1.807) is 0 Å². The third-order valence-electron chi connectivity index (χ3n) is 3.43. The monoisotopic (exact) mass is 293 g/mol. The second-order valence-corrected chi connectivity index (χ2v) is 6.92. The van der Waals surface area contributed by atoms with Gasteiger partial charge in [-0.1, -0.05) is 39.5 Å². The molecule has 0 saturated heterocycles. The normalized spacial score (nSPS) is 14.9. The zero-order valence-corrected chi connectivity index (χ0v) is 12.7. The Morgan fingerprint density at radius 2 is 1.89 bits per heavy atom. The molecule has 0 heterocycles. The third-order valence-corrected chi connectivity index (χ3v) is 4.23. The fraction of sp³-hybridized carbons (Fsp3) is 0.846. The molecule has 0 aliphatic carbocycles.